The first-order chi connectivity index (χ1) is 10.3. The largest absolute Gasteiger partial charge is 0.498 e. The molecule has 120 valence electrons. The van der Waals surface area contributed by atoms with Crippen LogP contribution in [0.4, 0.5) is 0 Å². The summed E-state index contributed by atoms with van der Waals surface area (Å²) in [6.45, 7) is 13.9. The smallest absolute Gasteiger partial charge is 0.185 e. The summed E-state index contributed by atoms with van der Waals surface area (Å²) in [6.07, 6.45) is 4.92. The lowest BCUT2D eigenvalue weighted by Crippen LogP contribution is -2.46. The van der Waals surface area contributed by atoms with Crippen molar-refractivity contribution < 1.29 is 14.2 Å². The van der Waals surface area contributed by atoms with Crippen LogP contribution in [0.15, 0.2) is 24.7 Å². The Balaban J connectivity index is 2.24. The fourth-order valence-corrected chi connectivity index (χ4v) is 6.58. The van der Waals surface area contributed by atoms with E-state index in [0.29, 0.717) is 6.61 Å². The van der Waals surface area contributed by atoms with E-state index >= 15 is 0 Å². The molecule has 2 fully saturated rings. The van der Waals surface area contributed by atoms with Crippen LogP contribution in [0.1, 0.15) is 6.92 Å². The van der Waals surface area contributed by atoms with Crippen molar-refractivity contribution in [2.24, 2.45) is 0 Å². The highest BCUT2D eigenvalue weighted by atomic mass is 31.2. The van der Waals surface area contributed by atoms with Crippen LogP contribution in [0.5, 0.6) is 0 Å². The lowest BCUT2D eigenvalue weighted by atomic mass is 10.5. The SMILES string of the molecule is C=CC[P+](/C=C/OCC)(N1CCOCC1)N1CCOCC1. The van der Waals surface area contributed by atoms with E-state index in [4.69, 9.17) is 14.2 Å². The van der Waals surface area contributed by atoms with Crippen molar-refractivity contribution in [2.75, 3.05) is 65.4 Å². The van der Waals surface area contributed by atoms with Crippen molar-refractivity contribution in [3.05, 3.63) is 24.7 Å². The Morgan fingerprint density at radius 3 is 2.00 bits per heavy atom. The minimum absolute atomic E-state index is 0.705. The zero-order valence-corrected chi connectivity index (χ0v) is 14.0. The van der Waals surface area contributed by atoms with Gasteiger partial charge >= 0.3 is 0 Å². The second-order valence-corrected chi connectivity index (χ2v) is 8.50. The summed E-state index contributed by atoms with van der Waals surface area (Å²) < 4.78 is 21.8. The van der Waals surface area contributed by atoms with E-state index in [2.05, 4.69) is 27.8 Å². The topological polar surface area (TPSA) is 34.2 Å². The fourth-order valence-electron chi connectivity index (χ4n) is 2.89. The molecule has 21 heavy (non-hydrogen) atoms. The third kappa shape index (κ3) is 4.27. The van der Waals surface area contributed by atoms with Gasteiger partial charge in [0.25, 0.3) is 0 Å². The van der Waals surface area contributed by atoms with Gasteiger partial charge in [0.05, 0.1) is 59.2 Å². The molecule has 0 aromatic rings. The first-order valence-electron chi connectivity index (χ1n) is 7.78. The van der Waals surface area contributed by atoms with Crippen LogP contribution in [0, 0.1) is 0 Å². The Kier molecular flexibility index (Phi) is 7.14. The molecule has 0 atom stereocenters. The lowest BCUT2D eigenvalue weighted by Gasteiger charge is -2.43. The van der Waals surface area contributed by atoms with Gasteiger partial charge in [0.2, 0.25) is 0 Å². The molecule has 0 bridgehead atoms. The molecule has 0 aromatic carbocycles. The molecule has 0 radical (unpaired) electrons. The highest BCUT2D eigenvalue weighted by molar-refractivity contribution is 7.74. The van der Waals surface area contributed by atoms with Gasteiger partial charge in [0.15, 0.2) is 7.56 Å². The molecule has 0 amide bonds. The monoisotopic (exact) mass is 315 g/mol. The first kappa shape index (κ1) is 16.9. The average molecular weight is 315 g/mol. The van der Waals surface area contributed by atoms with Crippen LogP contribution in [0.25, 0.3) is 0 Å². The number of nitrogens with zero attached hydrogens (tertiary/aromatic N) is 2. The number of allylic oxidation sites excluding steroid dienone is 1. The molecule has 0 saturated carbocycles. The van der Waals surface area contributed by atoms with Gasteiger partial charge in [-0.25, -0.2) is 0 Å². The summed E-state index contributed by atoms with van der Waals surface area (Å²) in [5.74, 6) is 2.30. The van der Waals surface area contributed by atoms with Crippen LogP contribution in [0.2, 0.25) is 0 Å². The summed E-state index contributed by atoms with van der Waals surface area (Å²) in [5, 5.41) is 0. The van der Waals surface area contributed by atoms with Gasteiger partial charge in [-0.05, 0) is 6.92 Å². The van der Waals surface area contributed by atoms with Crippen molar-refractivity contribution in [3.8, 4) is 0 Å². The maximum absolute atomic E-state index is 5.54. The Morgan fingerprint density at radius 2 is 1.57 bits per heavy atom. The molecule has 2 rings (SSSR count). The van der Waals surface area contributed by atoms with E-state index in [0.717, 1.165) is 58.8 Å². The summed E-state index contributed by atoms with van der Waals surface area (Å²) in [4.78, 5) is 0. The predicted molar refractivity (Wildman–Crippen MR) is 87.5 cm³/mol. The first-order valence-corrected chi connectivity index (χ1v) is 9.72. The van der Waals surface area contributed by atoms with E-state index in [1.807, 2.05) is 13.2 Å². The second-order valence-electron chi connectivity index (χ2n) is 5.13. The van der Waals surface area contributed by atoms with E-state index in [9.17, 15) is 0 Å². The predicted octanol–water partition coefficient (Wildman–Crippen LogP) is 2.19. The van der Waals surface area contributed by atoms with Crippen LogP contribution in [0.3, 0.4) is 0 Å². The molecule has 0 aliphatic carbocycles. The van der Waals surface area contributed by atoms with Gasteiger partial charge in [-0.3, -0.25) is 0 Å². The molecular weight excluding hydrogens is 287 g/mol. The van der Waals surface area contributed by atoms with Crippen LogP contribution >= 0.6 is 7.56 Å². The normalized spacial score (nSPS) is 22.5. The van der Waals surface area contributed by atoms with Gasteiger partial charge in [-0.1, -0.05) is 12.7 Å². The Hall–Kier alpha value is -0.450. The van der Waals surface area contributed by atoms with Crippen molar-refractivity contribution >= 4 is 7.56 Å². The van der Waals surface area contributed by atoms with E-state index in [-0.39, 0.29) is 0 Å². The average Bonchev–Trinajstić information content (AvgIpc) is 2.56. The maximum Gasteiger partial charge on any atom is 0.185 e. The molecule has 0 unspecified atom stereocenters. The van der Waals surface area contributed by atoms with Gasteiger partial charge < -0.3 is 14.2 Å². The molecule has 0 N–H and O–H groups in total. The standard InChI is InChI=1S/C15H28N2O3P/c1-3-14-21(15-13-18-4-2,16-5-9-19-10-6-16)17-7-11-20-12-8-17/h3,13,15H,1,4-12,14H2,2H3/q+1/b15-13+. The highest BCUT2D eigenvalue weighted by Crippen LogP contribution is 2.66. The maximum atomic E-state index is 5.54. The Labute approximate surface area is 129 Å². The van der Waals surface area contributed by atoms with Gasteiger partial charge in [-0.2, -0.15) is 9.34 Å². The van der Waals surface area contributed by atoms with E-state index in [1.165, 1.54) is 0 Å². The number of rotatable bonds is 7. The molecular formula is C15H28N2O3P+. The summed E-state index contributed by atoms with van der Waals surface area (Å²) >= 11 is 0. The van der Waals surface area contributed by atoms with E-state index < -0.39 is 7.56 Å². The van der Waals surface area contributed by atoms with Gasteiger partial charge in [0.1, 0.15) is 18.2 Å². The van der Waals surface area contributed by atoms with Crippen LogP contribution < -0.4 is 0 Å². The van der Waals surface area contributed by atoms with Crippen LogP contribution in [-0.4, -0.2) is 74.7 Å². The molecule has 2 aliphatic heterocycles. The van der Waals surface area contributed by atoms with Crippen molar-refractivity contribution in [3.63, 3.8) is 0 Å². The van der Waals surface area contributed by atoms with Crippen LogP contribution in [-0.2, 0) is 14.2 Å². The number of hydrogen-bond acceptors (Lipinski definition) is 5. The molecule has 2 heterocycles. The minimum Gasteiger partial charge on any atom is -0.498 e. The number of hydrogen-bond donors (Lipinski definition) is 0. The van der Waals surface area contributed by atoms with Gasteiger partial charge in [-0.15, -0.1) is 0 Å². The fraction of sp³-hybridized carbons (Fsp3) is 0.733. The third-order valence-corrected chi connectivity index (χ3v) is 8.07. The number of morpholine rings is 2. The summed E-state index contributed by atoms with van der Waals surface area (Å²) in [7, 11) is -1.59. The zero-order chi connectivity index (χ0) is 15.0. The molecule has 6 heteroatoms. The third-order valence-electron chi connectivity index (χ3n) is 3.91. The molecule has 5 nitrogen and oxygen atoms in total. The summed E-state index contributed by atoms with van der Waals surface area (Å²) in [5.41, 5.74) is 0. The Morgan fingerprint density at radius 1 is 1.05 bits per heavy atom. The summed E-state index contributed by atoms with van der Waals surface area (Å²) in [6, 6.07) is 0. The highest BCUT2D eigenvalue weighted by Gasteiger charge is 2.49. The van der Waals surface area contributed by atoms with Crippen molar-refractivity contribution in [1.29, 1.82) is 0 Å². The molecule has 2 saturated heterocycles. The second kappa shape index (κ2) is 8.86. The van der Waals surface area contributed by atoms with Crippen molar-refractivity contribution in [2.45, 2.75) is 6.92 Å². The Bertz CT molecular complexity index is 322. The quantitative estimate of drug-likeness (QED) is 0.409. The van der Waals surface area contributed by atoms with E-state index in [1.54, 1.807) is 0 Å². The zero-order valence-electron chi connectivity index (χ0n) is 13.1. The van der Waals surface area contributed by atoms with Gasteiger partial charge in [0, 0.05) is 0 Å². The molecule has 2 aliphatic rings. The molecule has 0 spiro atoms. The lowest BCUT2D eigenvalue weighted by molar-refractivity contribution is 0.0564. The molecule has 0 aromatic heterocycles. The minimum atomic E-state index is -1.59. The van der Waals surface area contributed by atoms with Crippen molar-refractivity contribution in [1.82, 2.24) is 9.34 Å². The number of ether oxygens (including phenoxy) is 3.